The van der Waals surface area contributed by atoms with E-state index in [9.17, 15) is 4.79 Å². The molecule has 0 aliphatic heterocycles. The Labute approximate surface area is 124 Å². The van der Waals surface area contributed by atoms with E-state index in [-0.39, 0.29) is 11.5 Å². The van der Waals surface area contributed by atoms with Crippen LogP contribution in [-0.2, 0) is 11.8 Å². The molecule has 110 valence electrons. The number of carbonyl (C=O) groups is 1. The first-order valence-corrected chi connectivity index (χ1v) is 6.49. The molecule has 0 amide bonds. The second kappa shape index (κ2) is 6.51. The highest BCUT2D eigenvalue weighted by molar-refractivity contribution is 7.80. The van der Waals surface area contributed by atoms with Gasteiger partial charge in [0.1, 0.15) is 5.69 Å². The van der Waals surface area contributed by atoms with Crippen LogP contribution in [0.3, 0.4) is 0 Å². The predicted molar refractivity (Wildman–Crippen MR) is 83.0 cm³/mol. The van der Waals surface area contributed by atoms with Crippen LogP contribution >= 0.6 is 12.2 Å². The Morgan fingerprint density at radius 2 is 2.15 bits per heavy atom. The van der Waals surface area contributed by atoms with Gasteiger partial charge in [0.25, 0.3) is 0 Å². The van der Waals surface area contributed by atoms with Gasteiger partial charge in [-0.2, -0.15) is 5.10 Å². The number of nitrogens with one attached hydrogen (secondary N) is 2. The fourth-order valence-corrected chi connectivity index (χ4v) is 1.86. The van der Waals surface area contributed by atoms with Gasteiger partial charge in [0, 0.05) is 24.3 Å². The molecule has 0 aromatic carbocycles. The molecule has 0 aliphatic carbocycles. The van der Waals surface area contributed by atoms with Crippen LogP contribution < -0.4 is 10.7 Å². The number of rotatable bonds is 3. The number of nitrogens with zero attached hydrogens (tertiary/aromatic N) is 2. The molecule has 0 saturated carbocycles. The van der Waals surface area contributed by atoms with E-state index in [4.69, 9.17) is 12.2 Å². The van der Waals surface area contributed by atoms with E-state index in [1.165, 1.54) is 7.11 Å². The molecular weight excluding hydrogens is 276 g/mol. The molecule has 0 bridgehead atoms. The van der Waals surface area contributed by atoms with E-state index in [0.29, 0.717) is 10.8 Å². The van der Waals surface area contributed by atoms with Gasteiger partial charge in [-0.1, -0.05) is 0 Å². The van der Waals surface area contributed by atoms with E-state index in [0.717, 1.165) is 5.56 Å². The Morgan fingerprint density at radius 1 is 1.50 bits per heavy atom. The van der Waals surface area contributed by atoms with Crippen molar-refractivity contribution in [3.8, 4) is 0 Å². The summed E-state index contributed by atoms with van der Waals surface area (Å²) in [6.45, 7) is 6.01. The van der Waals surface area contributed by atoms with Crippen LogP contribution in [0.5, 0.6) is 0 Å². The van der Waals surface area contributed by atoms with Gasteiger partial charge in [0.2, 0.25) is 0 Å². The highest BCUT2D eigenvalue weighted by atomic mass is 32.1. The predicted octanol–water partition coefficient (Wildman–Crippen LogP) is 1.41. The van der Waals surface area contributed by atoms with E-state index >= 15 is 0 Å². The van der Waals surface area contributed by atoms with E-state index in [1.807, 2.05) is 20.8 Å². The lowest BCUT2D eigenvalue weighted by Crippen LogP contribution is -2.44. The summed E-state index contributed by atoms with van der Waals surface area (Å²) in [4.78, 5) is 11.5. The van der Waals surface area contributed by atoms with Gasteiger partial charge >= 0.3 is 5.97 Å². The number of esters is 1. The molecule has 0 spiro atoms. The average molecular weight is 296 g/mol. The lowest BCUT2D eigenvalue weighted by molar-refractivity contribution is 0.0590. The van der Waals surface area contributed by atoms with Crippen molar-refractivity contribution in [1.29, 1.82) is 0 Å². The molecule has 0 radical (unpaired) electrons. The standard InChI is InChI=1S/C13H20N4O2S/c1-13(2,3)15-12(20)16-14-7-9-6-10(11(18)19-5)17(4)8-9/h6-8H,1-5H3,(H2,15,16,20)/b14-7-. The van der Waals surface area contributed by atoms with Gasteiger partial charge in [-0.25, -0.2) is 4.79 Å². The van der Waals surface area contributed by atoms with Gasteiger partial charge in [-0.3, -0.25) is 5.43 Å². The Bertz CT molecular complexity index is 529. The van der Waals surface area contributed by atoms with Crippen molar-refractivity contribution < 1.29 is 9.53 Å². The number of hydrogen-bond acceptors (Lipinski definition) is 4. The third-order valence-corrected chi connectivity index (χ3v) is 2.48. The summed E-state index contributed by atoms with van der Waals surface area (Å²) in [5, 5.41) is 7.54. The summed E-state index contributed by atoms with van der Waals surface area (Å²) in [6.07, 6.45) is 3.36. The molecule has 1 aromatic heterocycles. The molecule has 20 heavy (non-hydrogen) atoms. The molecule has 0 saturated heterocycles. The van der Waals surface area contributed by atoms with Gasteiger partial charge in [-0.05, 0) is 39.1 Å². The summed E-state index contributed by atoms with van der Waals surface area (Å²) >= 11 is 5.09. The van der Waals surface area contributed by atoms with Crippen LogP contribution in [0.2, 0.25) is 0 Å². The molecule has 7 heteroatoms. The fourth-order valence-electron chi connectivity index (χ4n) is 1.50. The highest BCUT2D eigenvalue weighted by Crippen LogP contribution is 2.06. The average Bonchev–Trinajstić information content (AvgIpc) is 2.67. The molecule has 0 unspecified atom stereocenters. The van der Waals surface area contributed by atoms with E-state index in [1.54, 1.807) is 30.1 Å². The maximum absolute atomic E-state index is 11.5. The number of aryl methyl sites for hydroxylation is 1. The Hall–Kier alpha value is -1.89. The first-order valence-electron chi connectivity index (χ1n) is 6.09. The Morgan fingerprint density at radius 3 is 2.70 bits per heavy atom. The molecule has 0 atom stereocenters. The van der Waals surface area contributed by atoms with Crippen LogP contribution in [0.15, 0.2) is 17.4 Å². The summed E-state index contributed by atoms with van der Waals surface area (Å²) < 4.78 is 6.36. The van der Waals surface area contributed by atoms with Gasteiger partial charge in [0.15, 0.2) is 5.11 Å². The summed E-state index contributed by atoms with van der Waals surface area (Å²) in [5.74, 6) is -0.384. The monoisotopic (exact) mass is 296 g/mol. The topological polar surface area (TPSA) is 67.7 Å². The van der Waals surface area contributed by atoms with Crippen molar-refractivity contribution in [1.82, 2.24) is 15.3 Å². The number of hydrogen-bond donors (Lipinski definition) is 2. The number of hydrazone groups is 1. The second-order valence-corrected chi connectivity index (χ2v) is 5.74. The van der Waals surface area contributed by atoms with Gasteiger partial charge in [0.05, 0.1) is 13.3 Å². The lowest BCUT2D eigenvalue weighted by Gasteiger charge is -2.21. The third kappa shape index (κ3) is 5.00. The minimum Gasteiger partial charge on any atom is -0.464 e. The fraction of sp³-hybridized carbons (Fsp3) is 0.462. The highest BCUT2D eigenvalue weighted by Gasteiger charge is 2.11. The van der Waals surface area contributed by atoms with Crippen molar-refractivity contribution in [3.05, 3.63) is 23.5 Å². The minimum atomic E-state index is -0.384. The quantitative estimate of drug-likeness (QED) is 0.382. The SMILES string of the molecule is COC(=O)c1cc(/C=N\NC(=S)NC(C)(C)C)cn1C. The number of thiocarbonyl (C=S) groups is 1. The zero-order valence-corrected chi connectivity index (χ0v) is 13.2. The van der Waals surface area contributed by atoms with Crippen LogP contribution in [0, 0.1) is 0 Å². The van der Waals surface area contributed by atoms with Crippen molar-refractivity contribution in [2.75, 3.05) is 7.11 Å². The van der Waals surface area contributed by atoms with E-state index in [2.05, 4.69) is 20.6 Å². The molecule has 1 aromatic rings. The molecule has 6 nitrogen and oxygen atoms in total. The lowest BCUT2D eigenvalue weighted by atomic mass is 10.1. The van der Waals surface area contributed by atoms with Crippen molar-refractivity contribution >= 4 is 29.5 Å². The molecule has 1 heterocycles. The minimum absolute atomic E-state index is 0.121. The van der Waals surface area contributed by atoms with Crippen molar-refractivity contribution in [2.45, 2.75) is 26.3 Å². The molecule has 0 aliphatic rings. The maximum atomic E-state index is 11.5. The summed E-state index contributed by atoms with van der Waals surface area (Å²) in [6, 6.07) is 1.69. The maximum Gasteiger partial charge on any atom is 0.354 e. The zero-order chi connectivity index (χ0) is 15.3. The zero-order valence-electron chi connectivity index (χ0n) is 12.4. The first kappa shape index (κ1) is 16.2. The molecule has 1 rings (SSSR count). The van der Waals surface area contributed by atoms with Crippen LogP contribution in [0.4, 0.5) is 0 Å². The normalized spacial score (nSPS) is 11.4. The smallest absolute Gasteiger partial charge is 0.354 e. The number of ether oxygens (including phenoxy) is 1. The van der Waals surface area contributed by atoms with Gasteiger partial charge < -0.3 is 14.6 Å². The Balaban J connectivity index is 2.63. The number of aromatic nitrogens is 1. The van der Waals surface area contributed by atoms with Gasteiger partial charge in [-0.15, -0.1) is 0 Å². The summed E-state index contributed by atoms with van der Waals surface area (Å²) in [5.41, 5.74) is 3.84. The summed E-state index contributed by atoms with van der Waals surface area (Å²) in [7, 11) is 3.12. The van der Waals surface area contributed by atoms with Crippen LogP contribution in [0.1, 0.15) is 36.8 Å². The van der Waals surface area contributed by atoms with Crippen LogP contribution in [-0.4, -0.2) is 34.5 Å². The number of methoxy groups -OCH3 is 1. The van der Waals surface area contributed by atoms with Crippen molar-refractivity contribution in [3.63, 3.8) is 0 Å². The number of carbonyl (C=O) groups excluding carboxylic acids is 1. The second-order valence-electron chi connectivity index (χ2n) is 5.34. The first-order chi connectivity index (χ1) is 9.23. The van der Waals surface area contributed by atoms with Crippen LogP contribution in [0.25, 0.3) is 0 Å². The molecular formula is C13H20N4O2S. The van der Waals surface area contributed by atoms with E-state index < -0.39 is 0 Å². The largest absolute Gasteiger partial charge is 0.464 e. The van der Waals surface area contributed by atoms with Crippen molar-refractivity contribution in [2.24, 2.45) is 12.1 Å². The molecule has 0 fully saturated rings. The Kier molecular flexibility index (Phi) is 5.26. The third-order valence-electron chi connectivity index (χ3n) is 2.29. The molecule has 2 N–H and O–H groups in total.